The molecule has 0 amide bonds. The summed E-state index contributed by atoms with van der Waals surface area (Å²) in [5, 5.41) is 61.7. The highest BCUT2D eigenvalue weighted by Gasteiger charge is 2.47. The van der Waals surface area contributed by atoms with Gasteiger partial charge in [-0.15, -0.1) is 0 Å². The van der Waals surface area contributed by atoms with Crippen LogP contribution in [0.25, 0.3) is 11.0 Å². The van der Waals surface area contributed by atoms with Crippen molar-refractivity contribution < 1.29 is 49.3 Å². The van der Waals surface area contributed by atoms with Crippen LogP contribution in [0.2, 0.25) is 0 Å². The van der Waals surface area contributed by atoms with Gasteiger partial charge in [-0.25, -0.2) is 4.79 Å². The molecule has 1 aromatic carbocycles. The van der Waals surface area contributed by atoms with Crippen molar-refractivity contribution in [1.82, 2.24) is 0 Å². The van der Waals surface area contributed by atoms with E-state index >= 15 is 0 Å². The number of fused-ring (bicyclic) bond motifs is 1. The van der Waals surface area contributed by atoms with Crippen LogP contribution in [0.5, 0.6) is 5.75 Å². The monoisotopic (exact) mass is 456 g/mol. The molecule has 11 heteroatoms. The lowest BCUT2D eigenvalue weighted by Gasteiger charge is -2.42. The fraction of sp³-hybridized carbons (Fsp3) is 0.571. The molecule has 1 fully saturated rings. The van der Waals surface area contributed by atoms with E-state index in [4.69, 9.17) is 18.6 Å². The number of methoxy groups -OCH3 is 1. The van der Waals surface area contributed by atoms with E-state index in [1.165, 1.54) is 45.2 Å². The largest absolute Gasteiger partial charge is 0.496 e. The minimum atomic E-state index is -1.73. The average Bonchev–Trinajstić information content (AvgIpc) is 2.75. The Hall–Kier alpha value is -2.09. The lowest BCUT2D eigenvalue weighted by molar-refractivity contribution is -0.322. The summed E-state index contributed by atoms with van der Waals surface area (Å²) < 4.78 is 21.7. The van der Waals surface area contributed by atoms with E-state index in [1.807, 2.05) is 0 Å². The Labute approximate surface area is 183 Å². The number of benzene rings is 1. The third-order valence-electron chi connectivity index (χ3n) is 5.42. The molecule has 2 aromatic rings. The molecule has 2 heterocycles. The van der Waals surface area contributed by atoms with Crippen LogP contribution in [0.4, 0.5) is 0 Å². The molecule has 1 aromatic heterocycles. The van der Waals surface area contributed by atoms with Crippen molar-refractivity contribution in [2.75, 3.05) is 13.7 Å². The Morgan fingerprint density at radius 3 is 2.41 bits per heavy atom. The van der Waals surface area contributed by atoms with Crippen molar-refractivity contribution in [2.24, 2.45) is 0 Å². The molecule has 0 aliphatic carbocycles. The van der Waals surface area contributed by atoms with E-state index in [9.17, 15) is 35.4 Å². The van der Waals surface area contributed by atoms with Crippen LogP contribution in [-0.4, -0.2) is 86.8 Å². The minimum Gasteiger partial charge on any atom is -0.496 e. The Balaban J connectivity index is 2.07. The summed E-state index contributed by atoms with van der Waals surface area (Å²) in [5.74, 6) is 0.143. The normalized spacial score (nSPS) is 28.5. The van der Waals surface area contributed by atoms with Gasteiger partial charge in [0.1, 0.15) is 48.0 Å². The molecule has 0 unspecified atom stereocenters. The van der Waals surface area contributed by atoms with Crippen molar-refractivity contribution in [1.29, 1.82) is 0 Å². The summed E-state index contributed by atoms with van der Waals surface area (Å²) >= 11 is 0. The van der Waals surface area contributed by atoms with Crippen molar-refractivity contribution in [3.63, 3.8) is 0 Å². The van der Waals surface area contributed by atoms with Gasteiger partial charge >= 0.3 is 5.63 Å². The lowest BCUT2D eigenvalue weighted by Crippen LogP contribution is -2.60. The van der Waals surface area contributed by atoms with Gasteiger partial charge in [-0.3, -0.25) is 0 Å². The summed E-state index contributed by atoms with van der Waals surface area (Å²) in [7, 11) is 1.34. The summed E-state index contributed by atoms with van der Waals surface area (Å²) in [5.41, 5.74) is -1.83. The highest BCUT2D eigenvalue weighted by atomic mass is 16.7. The second-order valence-electron chi connectivity index (χ2n) is 8.24. The van der Waals surface area contributed by atoms with Gasteiger partial charge in [0.05, 0.1) is 19.3 Å². The van der Waals surface area contributed by atoms with E-state index in [0.29, 0.717) is 5.39 Å². The Kier molecular flexibility index (Phi) is 7.22. The number of hydrogen-bond donors (Lipinski definition) is 6. The van der Waals surface area contributed by atoms with Gasteiger partial charge in [0.15, 0.2) is 6.29 Å². The summed E-state index contributed by atoms with van der Waals surface area (Å²) in [6.07, 6.45) is -10.8. The molecule has 1 aliphatic rings. The van der Waals surface area contributed by atoms with Crippen molar-refractivity contribution >= 4 is 11.0 Å². The van der Waals surface area contributed by atoms with Crippen LogP contribution in [0.1, 0.15) is 25.5 Å². The SMILES string of the molecule is COc1cc2oc(=O)ccc2cc1[C@@H](O[C@H]1O[C@H](CO)[C@@H](O)[C@H](O)[C@H]1O)[C@@H](O)C(C)(C)O. The maximum absolute atomic E-state index is 11.5. The van der Waals surface area contributed by atoms with E-state index in [-0.39, 0.29) is 16.9 Å². The van der Waals surface area contributed by atoms with Gasteiger partial charge in [0.25, 0.3) is 0 Å². The fourth-order valence-electron chi connectivity index (χ4n) is 3.53. The highest BCUT2D eigenvalue weighted by molar-refractivity contribution is 5.79. The molecule has 1 aliphatic heterocycles. The quantitative estimate of drug-likeness (QED) is 0.275. The molecular weight excluding hydrogens is 428 g/mol. The maximum Gasteiger partial charge on any atom is 0.336 e. The van der Waals surface area contributed by atoms with E-state index in [1.54, 1.807) is 0 Å². The first-order chi connectivity index (χ1) is 15.0. The van der Waals surface area contributed by atoms with Gasteiger partial charge in [0.2, 0.25) is 0 Å². The molecule has 0 bridgehead atoms. The average molecular weight is 456 g/mol. The number of aliphatic hydroxyl groups is 6. The fourth-order valence-corrected chi connectivity index (χ4v) is 3.53. The summed E-state index contributed by atoms with van der Waals surface area (Å²) in [6.45, 7) is 2.02. The standard InChI is InChI=1S/C21H28O11/c1-21(2,28)19(27)18(32-20-17(26)16(25)15(24)13(8-22)31-20)10-6-9-4-5-14(23)30-11(9)7-12(10)29-3/h4-7,13,15-20,22,24-28H,8H2,1-3H3/t13-,15-,16+,17-,18-,19-,20-/m1/s1. The molecule has 6 N–H and O–H groups in total. The molecule has 32 heavy (non-hydrogen) atoms. The number of hydrogen-bond acceptors (Lipinski definition) is 11. The third kappa shape index (κ3) is 4.80. The van der Waals surface area contributed by atoms with Gasteiger partial charge in [-0.2, -0.15) is 0 Å². The van der Waals surface area contributed by atoms with E-state index in [0.717, 1.165) is 0 Å². The molecule has 7 atom stereocenters. The van der Waals surface area contributed by atoms with Gasteiger partial charge < -0.3 is 49.3 Å². The molecular formula is C21H28O11. The summed E-state index contributed by atoms with van der Waals surface area (Å²) in [6, 6.07) is 5.62. The van der Waals surface area contributed by atoms with E-state index < -0.39 is 60.7 Å². The molecule has 0 spiro atoms. The first-order valence-corrected chi connectivity index (χ1v) is 9.96. The van der Waals surface area contributed by atoms with Crippen LogP contribution < -0.4 is 10.4 Å². The van der Waals surface area contributed by atoms with Crippen LogP contribution >= 0.6 is 0 Å². The van der Waals surface area contributed by atoms with Crippen molar-refractivity contribution in [3.05, 3.63) is 40.2 Å². The zero-order valence-corrected chi connectivity index (χ0v) is 17.8. The Morgan fingerprint density at radius 2 is 1.81 bits per heavy atom. The van der Waals surface area contributed by atoms with Gasteiger partial charge in [-0.1, -0.05) is 0 Å². The zero-order chi connectivity index (χ0) is 23.8. The predicted molar refractivity (Wildman–Crippen MR) is 109 cm³/mol. The van der Waals surface area contributed by atoms with Crippen molar-refractivity contribution in [2.45, 2.75) is 62.4 Å². The van der Waals surface area contributed by atoms with E-state index in [2.05, 4.69) is 0 Å². The summed E-state index contributed by atoms with van der Waals surface area (Å²) in [4.78, 5) is 11.5. The molecule has 11 nitrogen and oxygen atoms in total. The maximum atomic E-state index is 11.5. The number of ether oxygens (including phenoxy) is 3. The Morgan fingerprint density at radius 1 is 1.12 bits per heavy atom. The van der Waals surface area contributed by atoms with Gasteiger partial charge in [-0.05, 0) is 26.0 Å². The zero-order valence-electron chi connectivity index (χ0n) is 17.8. The molecule has 0 saturated carbocycles. The Bertz CT molecular complexity index is 980. The smallest absolute Gasteiger partial charge is 0.336 e. The highest BCUT2D eigenvalue weighted by Crippen LogP contribution is 2.38. The topological polar surface area (TPSA) is 179 Å². The second-order valence-corrected chi connectivity index (χ2v) is 8.24. The first kappa shape index (κ1) is 24.6. The third-order valence-corrected chi connectivity index (χ3v) is 5.42. The first-order valence-electron chi connectivity index (χ1n) is 9.96. The number of aliphatic hydroxyl groups excluding tert-OH is 5. The van der Waals surface area contributed by atoms with Crippen LogP contribution in [-0.2, 0) is 9.47 Å². The lowest BCUT2D eigenvalue weighted by atomic mass is 9.91. The number of rotatable bonds is 7. The molecule has 1 saturated heterocycles. The molecule has 3 rings (SSSR count). The van der Waals surface area contributed by atoms with Crippen LogP contribution in [0.3, 0.4) is 0 Å². The predicted octanol–water partition coefficient (Wildman–Crippen LogP) is -1.21. The van der Waals surface area contributed by atoms with Gasteiger partial charge in [0, 0.05) is 23.1 Å². The molecule has 178 valence electrons. The van der Waals surface area contributed by atoms with Crippen molar-refractivity contribution in [3.8, 4) is 5.75 Å². The molecule has 0 radical (unpaired) electrons. The minimum absolute atomic E-state index is 0.143. The van der Waals surface area contributed by atoms with Crippen LogP contribution in [0, 0.1) is 0 Å². The second kappa shape index (κ2) is 9.41. The van der Waals surface area contributed by atoms with Crippen LogP contribution in [0.15, 0.2) is 33.5 Å².